The van der Waals surface area contributed by atoms with E-state index in [1.807, 2.05) is 12.3 Å². The quantitative estimate of drug-likeness (QED) is 0.750. The van der Waals surface area contributed by atoms with Gasteiger partial charge in [-0.3, -0.25) is 4.98 Å². The van der Waals surface area contributed by atoms with E-state index >= 15 is 0 Å². The largest absolute Gasteiger partial charge is 0.352 e. The molecule has 0 unspecified atom stereocenters. The van der Waals surface area contributed by atoms with Gasteiger partial charge >= 0.3 is 0 Å². The third-order valence-electron chi connectivity index (χ3n) is 4.65. The summed E-state index contributed by atoms with van der Waals surface area (Å²) in [6.45, 7) is 0. The molecule has 2 fully saturated rings. The van der Waals surface area contributed by atoms with Crippen molar-refractivity contribution in [2.24, 2.45) is 0 Å². The summed E-state index contributed by atoms with van der Waals surface area (Å²) >= 11 is 0. The van der Waals surface area contributed by atoms with Crippen molar-refractivity contribution >= 4 is 5.69 Å². The first kappa shape index (κ1) is 11.0. The molecule has 4 rings (SSSR count). The monoisotopic (exact) mass is 250 g/mol. The van der Waals surface area contributed by atoms with Crippen LogP contribution < -0.4 is 4.90 Å². The molecule has 2 nitrogen and oxygen atoms in total. The molecule has 0 radical (unpaired) electrons. The Kier molecular flexibility index (Phi) is 2.37. The van der Waals surface area contributed by atoms with Gasteiger partial charge in [-0.15, -0.1) is 0 Å². The van der Waals surface area contributed by atoms with E-state index in [0.29, 0.717) is 11.6 Å². The zero-order chi connectivity index (χ0) is 12.7. The van der Waals surface area contributed by atoms with E-state index in [-0.39, 0.29) is 0 Å². The molecule has 1 aliphatic carbocycles. The van der Waals surface area contributed by atoms with Gasteiger partial charge in [-0.2, -0.15) is 0 Å². The van der Waals surface area contributed by atoms with Crippen molar-refractivity contribution in [3.8, 4) is 0 Å². The molecule has 1 atom stereocenters. The second kappa shape index (κ2) is 4.09. The number of hydrogen-bond donors (Lipinski definition) is 0. The average Bonchev–Trinajstić information content (AvgIpc) is 2.85. The lowest BCUT2D eigenvalue weighted by Gasteiger charge is -2.10. The number of nitrogens with zero attached hydrogens (tertiary/aromatic N) is 2. The van der Waals surface area contributed by atoms with Crippen LogP contribution in [-0.2, 0) is 0 Å². The minimum atomic E-state index is 0.357. The molecular weight excluding hydrogens is 232 g/mol. The van der Waals surface area contributed by atoms with E-state index in [1.54, 1.807) is 0 Å². The second-order valence-corrected chi connectivity index (χ2v) is 5.67. The van der Waals surface area contributed by atoms with E-state index < -0.39 is 0 Å². The summed E-state index contributed by atoms with van der Waals surface area (Å²) in [5, 5.41) is 0. The number of hydrogen-bond acceptors (Lipinski definition) is 2. The summed E-state index contributed by atoms with van der Waals surface area (Å²) < 4.78 is 0. The smallest absolute Gasteiger partial charge is 0.0951 e. The van der Waals surface area contributed by atoms with Crippen LogP contribution >= 0.6 is 0 Å². The third kappa shape index (κ3) is 1.59. The van der Waals surface area contributed by atoms with Gasteiger partial charge in [0.2, 0.25) is 0 Å². The Labute approximate surface area is 114 Å². The molecule has 2 heterocycles. The molecule has 1 aromatic heterocycles. The highest BCUT2D eigenvalue weighted by Crippen LogP contribution is 2.62. The highest BCUT2D eigenvalue weighted by molar-refractivity contribution is 5.62. The Balaban J connectivity index is 1.74. The van der Waals surface area contributed by atoms with E-state index in [9.17, 15) is 0 Å². The fourth-order valence-electron chi connectivity index (χ4n) is 3.81. The number of anilines is 1. The lowest BCUT2D eigenvalue weighted by Crippen LogP contribution is -2.12. The maximum absolute atomic E-state index is 4.59. The van der Waals surface area contributed by atoms with Crippen LogP contribution in [0.25, 0.3) is 0 Å². The van der Waals surface area contributed by atoms with Crippen LogP contribution in [0.3, 0.4) is 0 Å². The molecular formula is C17H18N2. The summed E-state index contributed by atoms with van der Waals surface area (Å²) in [6.07, 6.45) is 7.24. The molecule has 0 bridgehead atoms. The fourth-order valence-corrected chi connectivity index (χ4v) is 3.81. The number of benzene rings is 1. The lowest BCUT2D eigenvalue weighted by atomic mass is 10.0. The topological polar surface area (TPSA) is 15.9 Å². The SMILES string of the molecule is c1ccc(N2[C@H](c3ccccn3)C23CCCC3)cc1. The van der Waals surface area contributed by atoms with E-state index in [1.165, 1.54) is 37.1 Å². The third-order valence-corrected chi connectivity index (χ3v) is 4.65. The summed E-state index contributed by atoms with van der Waals surface area (Å²) in [7, 11) is 0. The van der Waals surface area contributed by atoms with Crippen molar-refractivity contribution in [2.45, 2.75) is 37.3 Å². The van der Waals surface area contributed by atoms with Crippen LogP contribution in [0.15, 0.2) is 54.7 Å². The Bertz CT molecular complexity index is 511. The standard InChI is InChI=1S/C17H18N2/c1-2-8-14(9-3-1)19-16(15-10-4-7-13-18-15)17(19)11-5-6-12-17/h1-4,7-10,13,16H,5-6,11-12H2/t16-,19?/m1/s1. The maximum Gasteiger partial charge on any atom is 0.0951 e. The summed E-state index contributed by atoms with van der Waals surface area (Å²) in [5.41, 5.74) is 2.93. The van der Waals surface area contributed by atoms with Gasteiger partial charge < -0.3 is 4.90 Å². The molecule has 2 aromatic rings. The number of aromatic nitrogens is 1. The van der Waals surface area contributed by atoms with Gasteiger partial charge in [0.1, 0.15) is 0 Å². The summed E-state index contributed by atoms with van der Waals surface area (Å²) in [5.74, 6) is 0. The van der Waals surface area contributed by atoms with Crippen LogP contribution in [0.2, 0.25) is 0 Å². The average molecular weight is 250 g/mol. The first-order valence-corrected chi connectivity index (χ1v) is 7.17. The van der Waals surface area contributed by atoms with Gasteiger partial charge in [0.25, 0.3) is 0 Å². The highest BCUT2D eigenvalue weighted by Gasteiger charge is 2.64. The number of rotatable bonds is 2. The van der Waals surface area contributed by atoms with Gasteiger partial charge in [-0.05, 0) is 37.1 Å². The van der Waals surface area contributed by atoms with Gasteiger partial charge in [0.15, 0.2) is 0 Å². The molecule has 1 spiro atoms. The van der Waals surface area contributed by atoms with Crippen molar-refractivity contribution in [1.29, 1.82) is 0 Å². The van der Waals surface area contributed by atoms with Crippen LogP contribution in [0.5, 0.6) is 0 Å². The zero-order valence-electron chi connectivity index (χ0n) is 11.0. The summed E-state index contributed by atoms with van der Waals surface area (Å²) in [6, 6.07) is 17.6. The van der Waals surface area contributed by atoms with Crippen molar-refractivity contribution < 1.29 is 0 Å². The van der Waals surface area contributed by atoms with E-state index in [4.69, 9.17) is 0 Å². The summed E-state index contributed by atoms with van der Waals surface area (Å²) in [4.78, 5) is 7.18. The van der Waals surface area contributed by atoms with Gasteiger partial charge in [-0.25, -0.2) is 0 Å². The Hall–Kier alpha value is -1.83. The molecule has 2 aliphatic rings. The van der Waals surface area contributed by atoms with E-state index in [0.717, 1.165) is 0 Å². The molecule has 19 heavy (non-hydrogen) atoms. The fraction of sp³-hybridized carbons (Fsp3) is 0.353. The van der Waals surface area contributed by atoms with Gasteiger partial charge in [0, 0.05) is 11.9 Å². The zero-order valence-corrected chi connectivity index (χ0v) is 11.0. The first-order valence-electron chi connectivity index (χ1n) is 7.17. The molecule has 96 valence electrons. The Morgan fingerprint density at radius 1 is 0.947 bits per heavy atom. The van der Waals surface area contributed by atoms with Gasteiger partial charge in [0.05, 0.1) is 17.3 Å². The maximum atomic E-state index is 4.59. The Morgan fingerprint density at radius 3 is 2.37 bits per heavy atom. The first-order chi connectivity index (χ1) is 9.42. The van der Waals surface area contributed by atoms with Crippen molar-refractivity contribution in [2.75, 3.05) is 4.90 Å². The molecule has 2 heteroatoms. The van der Waals surface area contributed by atoms with Crippen molar-refractivity contribution in [3.63, 3.8) is 0 Å². The van der Waals surface area contributed by atoms with Gasteiger partial charge in [-0.1, -0.05) is 37.1 Å². The highest BCUT2D eigenvalue weighted by atomic mass is 15.4. The van der Waals surface area contributed by atoms with Crippen LogP contribution in [0, 0.1) is 0 Å². The predicted octanol–water partition coefficient (Wildman–Crippen LogP) is 3.96. The van der Waals surface area contributed by atoms with Crippen LogP contribution in [-0.4, -0.2) is 10.5 Å². The Morgan fingerprint density at radius 2 is 1.68 bits per heavy atom. The minimum absolute atomic E-state index is 0.357. The predicted molar refractivity (Wildman–Crippen MR) is 77.1 cm³/mol. The molecule has 1 aliphatic heterocycles. The van der Waals surface area contributed by atoms with Crippen LogP contribution in [0.1, 0.15) is 37.4 Å². The lowest BCUT2D eigenvalue weighted by molar-refractivity contribution is 0.640. The molecule has 1 saturated carbocycles. The minimum Gasteiger partial charge on any atom is -0.352 e. The second-order valence-electron chi connectivity index (χ2n) is 5.67. The van der Waals surface area contributed by atoms with Crippen molar-refractivity contribution in [1.82, 2.24) is 4.98 Å². The van der Waals surface area contributed by atoms with E-state index in [2.05, 4.69) is 52.3 Å². The number of para-hydroxylation sites is 1. The normalized spacial score (nSPS) is 23.8. The molecule has 0 amide bonds. The molecule has 0 N–H and O–H groups in total. The molecule has 1 saturated heterocycles. The van der Waals surface area contributed by atoms with Crippen molar-refractivity contribution in [3.05, 3.63) is 60.4 Å². The molecule has 1 aromatic carbocycles. The number of pyridine rings is 1. The van der Waals surface area contributed by atoms with Crippen LogP contribution in [0.4, 0.5) is 5.69 Å².